The number of carbonyl (C=O) groups is 2. The molecule has 1 aliphatic rings. The van der Waals surface area contributed by atoms with Gasteiger partial charge in [0.2, 0.25) is 5.91 Å². The molecule has 0 unspecified atom stereocenters. The van der Waals surface area contributed by atoms with E-state index in [0.717, 1.165) is 30.8 Å². The van der Waals surface area contributed by atoms with Crippen molar-refractivity contribution >= 4 is 34.3 Å². The zero-order chi connectivity index (χ0) is 19.7. The van der Waals surface area contributed by atoms with Crippen molar-refractivity contribution < 1.29 is 14.1 Å². The molecule has 4 heterocycles. The molecule has 3 aromatic rings. The molecule has 3 aromatic heterocycles. The molecule has 2 amide bonds. The summed E-state index contributed by atoms with van der Waals surface area (Å²) in [5.41, 5.74) is 7.48. The summed E-state index contributed by atoms with van der Waals surface area (Å²) in [6.45, 7) is 3.52. The minimum Gasteiger partial charge on any atom is -0.369 e. The molecule has 4 rings (SSSR count). The van der Waals surface area contributed by atoms with E-state index in [1.54, 1.807) is 24.3 Å². The number of aromatic nitrogens is 2. The second kappa shape index (κ2) is 7.69. The van der Waals surface area contributed by atoms with Gasteiger partial charge in [0.1, 0.15) is 0 Å². The van der Waals surface area contributed by atoms with Crippen molar-refractivity contribution in [3.8, 4) is 10.6 Å². The van der Waals surface area contributed by atoms with E-state index in [9.17, 15) is 9.59 Å². The van der Waals surface area contributed by atoms with Crippen molar-refractivity contribution in [2.45, 2.75) is 25.8 Å². The van der Waals surface area contributed by atoms with Gasteiger partial charge in [0.15, 0.2) is 0 Å². The molecule has 0 radical (unpaired) electrons. The summed E-state index contributed by atoms with van der Waals surface area (Å²) in [5.74, 6) is -0.490. The molecule has 0 bridgehead atoms. The van der Waals surface area contributed by atoms with Gasteiger partial charge in [-0.1, -0.05) is 11.2 Å². The van der Waals surface area contributed by atoms with E-state index in [1.807, 2.05) is 22.4 Å². The van der Waals surface area contributed by atoms with Crippen LogP contribution in [0.3, 0.4) is 0 Å². The molecule has 0 spiro atoms. The van der Waals surface area contributed by atoms with Crippen LogP contribution in [0.2, 0.25) is 0 Å². The Morgan fingerprint density at radius 1 is 1.39 bits per heavy atom. The summed E-state index contributed by atoms with van der Waals surface area (Å²) >= 11 is 1.55. The molecule has 1 fully saturated rings. The summed E-state index contributed by atoms with van der Waals surface area (Å²) in [4.78, 5) is 31.6. The van der Waals surface area contributed by atoms with Crippen LogP contribution < -0.4 is 11.1 Å². The maximum absolute atomic E-state index is 13.1. The number of carbonyl (C=O) groups excluding carboxylic acids is 2. The van der Waals surface area contributed by atoms with Gasteiger partial charge < -0.3 is 15.6 Å². The number of hydrogen-bond donors (Lipinski definition) is 2. The molecule has 0 aromatic carbocycles. The van der Waals surface area contributed by atoms with Gasteiger partial charge in [0.05, 0.1) is 33.8 Å². The number of nitrogens with one attached hydrogen (secondary N) is 1. The average Bonchev–Trinajstić information content (AvgIpc) is 3.32. The normalized spacial score (nSPS) is 15.8. The standard InChI is InChI=1S/C19H21N5O3S/c1-11-17-13(9-14(15-3-2-8-28-15)22-19(17)27-23-11)18(26)21-12-4-6-24(7-5-12)10-16(20)25/h2-3,8-9,12H,4-7,10H2,1H3,(H2,20,25)(H,21,26). The van der Waals surface area contributed by atoms with Crippen LogP contribution in [-0.4, -0.2) is 52.5 Å². The number of nitrogens with zero attached hydrogens (tertiary/aromatic N) is 3. The van der Waals surface area contributed by atoms with Crippen LogP contribution in [0.1, 0.15) is 28.9 Å². The number of thiophene rings is 1. The third kappa shape index (κ3) is 3.76. The van der Waals surface area contributed by atoms with Crippen molar-refractivity contribution in [1.82, 2.24) is 20.4 Å². The quantitative estimate of drug-likeness (QED) is 0.678. The van der Waals surface area contributed by atoms with Crippen molar-refractivity contribution in [3.05, 3.63) is 34.8 Å². The van der Waals surface area contributed by atoms with E-state index < -0.39 is 0 Å². The number of amides is 2. The molecule has 3 N–H and O–H groups in total. The first-order chi connectivity index (χ1) is 13.5. The zero-order valence-electron chi connectivity index (χ0n) is 15.5. The van der Waals surface area contributed by atoms with Gasteiger partial charge in [-0.15, -0.1) is 11.3 Å². The third-order valence-electron chi connectivity index (χ3n) is 4.94. The van der Waals surface area contributed by atoms with Crippen LogP contribution in [0, 0.1) is 6.92 Å². The average molecular weight is 399 g/mol. The highest BCUT2D eigenvalue weighted by atomic mass is 32.1. The summed E-state index contributed by atoms with van der Waals surface area (Å²) in [7, 11) is 0. The number of likely N-dealkylation sites (tertiary alicyclic amines) is 1. The fourth-order valence-electron chi connectivity index (χ4n) is 3.54. The first-order valence-electron chi connectivity index (χ1n) is 9.13. The molecular formula is C19H21N5O3S. The molecule has 0 atom stereocenters. The van der Waals surface area contributed by atoms with Crippen LogP contribution in [0.4, 0.5) is 0 Å². The Morgan fingerprint density at radius 3 is 2.86 bits per heavy atom. The van der Waals surface area contributed by atoms with Crippen LogP contribution >= 0.6 is 11.3 Å². The maximum Gasteiger partial charge on any atom is 0.259 e. The molecular weight excluding hydrogens is 378 g/mol. The molecule has 0 aliphatic carbocycles. The van der Waals surface area contributed by atoms with Crippen molar-refractivity contribution in [2.75, 3.05) is 19.6 Å². The highest BCUT2D eigenvalue weighted by Crippen LogP contribution is 2.29. The lowest BCUT2D eigenvalue weighted by molar-refractivity contribution is -0.119. The molecule has 9 heteroatoms. The van der Waals surface area contributed by atoms with E-state index in [1.165, 1.54) is 0 Å². The van der Waals surface area contributed by atoms with Gasteiger partial charge >= 0.3 is 0 Å². The first kappa shape index (κ1) is 18.6. The van der Waals surface area contributed by atoms with Crippen LogP contribution in [0.25, 0.3) is 21.7 Å². The monoisotopic (exact) mass is 399 g/mol. The number of pyridine rings is 1. The minimum absolute atomic E-state index is 0.0465. The summed E-state index contributed by atoms with van der Waals surface area (Å²) in [6, 6.07) is 5.75. The van der Waals surface area contributed by atoms with E-state index in [-0.39, 0.29) is 24.4 Å². The van der Waals surface area contributed by atoms with Gasteiger partial charge in [-0.05, 0) is 37.3 Å². The lowest BCUT2D eigenvalue weighted by Crippen LogP contribution is -2.46. The number of aryl methyl sites for hydroxylation is 1. The van der Waals surface area contributed by atoms with E-state index in [2.05, 4.69) is 15.5 Å². The van der Waals surface area contributed by atoms with E-state index in [4.69, 9.17) is 10.3 Å². The summed E-state index contributed by atoms with van der Waals surface area (Å²) in [6.07, 6.45) is 1.54. The van der Waals surface area contributed by atoms with Gasteiger partial charge in [-0.25, -0.2) is 4.98 Å². The topological polar surface area (TPSA) is 114 Å². The van der Waals surface area contributed by atoms with Gasteiger partial charge in [-0.2, -0.15) is 0 Å². The Bertz CT molecular complexity index is 1010. The van der Waals surface area contributed by atoms with Crippen molar-refractivity contribution in [1.29, 1.82) is 0 Å². The lowest BCUT2D eigenvalue weighted by Gasteiger charge is -2.31. The molecule has 1 aliphatic heterocycles. The van der Waals surface area contributed by atoms with Crippen molar-refractivity contribution in [2.24, 2.45) is 5.73 Å². The predicted octanol–water partition coefficient (Wildman–Crippen LogP) is 1.94. The zero-order valence-corrected chi connectivity index (χ0v) is 16.3. The third-order valence-corrected chi connectivity index (χ3v) is 5.83. The Morgan fingerprint density at radius 2 is 2.18 bits per heavy atom. The maximum atomic E-state index is 13.1. The Kier molecular flexibility index (Phi) is 5.10. The number of fused-ring (bicyclic) bond motifs is 1. The summed E-state index contributed by atoms with van der Waals surface area (Å²) in [5, 5.41) is 9.70. The SMILES string of the molecule is Cc1noc2nc(-c3cccs3)cc(C(=O)NC3CCN(CC(N)=O)CC3)c12. The van der Waals surface area contributed by atoms with Gasteiger partial charge in [0.25, 0.3) is 11.6 Å². The number of nitrogens with two attached hydrogens (primary N) is 1. The predicted molar refractivity (Wildman–Crippen MR) is 106 cm³/mol. The second-order valence-electron chi connectivity index (χ2n) is 6.97. The largest absolute Gasteiger partial charge is 0.369 e. The summed E-state index contributed by atoms with van der Waals surface area (Å²) < 4.78 is 5.33. The van der Waals surface area contributed by atoms with Crippen LogP contribution in [-0.2, 0) is 4.79 Å². The van der Waals surface area contributed by atoms with Crippen LogP contribution in [0.5, 0.6) is 0 Å². The molecule has 28 heavy (non-hydrogen) atoms. The Balaban J connectivity index is 1.56. The second-order valence-corrected chi connectivity index (χ2v) is 7.92. The molecule has 0 saturated carbocycles. The highest BCUT2D eigenvalue weighted by molar-refractivity contribution is 7.13. The fraction of sp³-hybridized carbons (Fsp3) is 0.368. The lowest BCUT2D eigenvalue weighted by atomic mass is 10.0. The fourth-order valence-corrected chi connectivity index (χ4v) is 4.23. The van der Waals surface area contributed by atoms with Crippen LogP contribution in [0.15, 0.2) is 28.1 Å². The molecule has 1 saturated heterocycles. The number of hydrogen-bond acceptors (Lipinski definition) is 7. The number of rotatable bonds is 5. The smallest absolute Gasteiger partial charge is 0.259 e. The van der Waals surface area contributed by atoms with E-state index >= 15 is 0 Å². The Hall–Kier alpha value is -2.78. The highest BCUT2D eigenvalue weighted by Gasteiger charge is 2.25. The molecule has 8 nitrogen and oxygen atoms in total. The van der Waals surface area contributed by atoms with E-state index in [0.29, 0.717) is 28.1 Å². The van der Waals surface area contributed by atoms with Gasteiger partial charge in [-0.3, -0.25) is 14.5 Å². The minimum atomic E-state index is -0.328. The van der Waals surface area contributed by atoms with Crippen molar-refractivity contribution in [3.63, 3.8) is 0 Å². The first-order valence-corrected chi connectivity index (χ1v) is 10.0. The molecule has 146 valence electrons. The number of piperidine rings is 1. The van der Waals surface area contributed by atoms with Gasteiger partial charge in [0, 0.05) is 19.1 Å². The Labute approximate surface area is 165 Å². The number of primary amides is 1.